The maximum atomic E-state index is 15.2. The minimum atomic E-state index is -1.30. The Morgan fingerprint density at radius 1 is 1.16 bits per heavy atom. The molecule has 0 aliphatic carbocycles. The summed E-state index contributed by atoms with van der Waals surface area (Å²) in [6.07, 6.45) is 1.77. The molecule has 2 amide bonds. The van der Waals surface area contributed by atoms with Gasteiger partial charge in [0.05, 0.1) is 26.0 Å². The first-order chi connectivity index (χ1) is 17.8. The lowest BCUT2D eigenvalue weighted by Gasteiger charge is -2.33. The number of hydrogen-bond acceptors (Lipinski definition) is 8. The van der Waals surface area contributed by atoms with Gasteiger partial charge >= 0.3 is 6.09 Å². The Balaban J connectivity index is 1.69. The fourth-order valence-electron chi connectivity index (χ4n) is 3.75. The number of alkyl carbamates (subject to hydrolysis) is 1. The first-order valence-electron chi connectivity index (χ1n) is 11.3. The average molecular weight is 564 g/mol. The number of hydrogen-bond donors (Lipinski definition) is 2. The molecule has 0 spiro atoms. The number of amides is 2. The standard InChI is InChI=1S/C24H24Cl2FN7O4/c1-23(2,3)38-22(36)32-19-20-31-17(25)18(26)34(20)11-24(4,33-19)13-8-12(6-7-14(13)27)30-21(35)15-9-29-16(37-5)10-28-15/h6-10H,11H2,1-5H3,(H,30,35)(H,32,33,36)/t24-/m0/s1. The second kappa shape index (κ2) is 10.2. The number of benzene rings is 1. The summed E-state index contributed by atoms with van der Waals surface area (Å²) in [5.74, 6) is -0.729. The van der Waals surface area contributed by atoms with Crippen LogP contribution in [0, 0.1) is 5.82 Å². The van der Waals surface area contributed by atoms with Crippen LogP contribution in [0.2, 0.25) is 10.3 Å². The molecule has 1 aromatic carbocycles. The molecule has 0 bridgehead atoms. The summed E-state index contributed by atoms with van der Waals surface area (Å²) in [6.45, 7) is 6.82. The van der Waals surface area contributed by atoms with E-state index in [4.69, 9.17) is 32.7 Å². The molecule has 14 heteroatoms. The molecular formula is C24H24Cl2FN7O4. The number of fused-ring (bicyclic) bond motifs is 1. The molecule has 1 atom stereocenters. The van der Waals surface area contributed by atoms with E-state index in [-0.39, 0.29) is 51.3 Å². The van der Waals surface area contributed by atoms with Gasteiger partial charge in [0.15, 0.2) is 16.8 Å². The number of methoxy groups -OCH3 is 1. The predicted molar refractivity (Wildman–Crippen MR) is 138 cm³/mol. The van der Waals surface area contributed by atoms with E-state index in [0.29, 0.717) is 0 Å². The highest BCUT2D eigenvalue weighted by molar-refractivity contribution is 6.41. The van der Waals surface area contributed by atoms with E-state index in [2.05, 4.69) is 30.6 Å². The highest BCUT2D eigenvalue weighted by atomic mass is 35.5. The Bertz CT molecular complexity index is 1440. The monoisotopic (exact) mass is 563 g/mol. The first kappa shape index (κ1) is 27.3. The zero-order valence-corrected chi connectivity index (χ0v) is 22.6. The number of halogens is 3. The van der Waals surface area contributed by atoms with Crippen LogP contribution in [-0.4, -0.2) is 50.1 Å². The van der Waals surface area contributed by atoms with Crippen LogP contribution in [0.5, 0.6) is 5.88 Å². The molecule has 2 N–H and O–H groups in total. The minimum absolute atomic E-state index is 0.00769. The van der Waals surface area contributed by atoms with Crippen molar-refractivity contribution < 1.29 is 23.5 Å². The van der Waals surface area contributed by atoms with Crippen molar-refractivity contribution in [3.63, 3.8) is 0 Å². The summed E-state index contributed by atoms with van der Waals surface area (Å²) in [6, 6.07) is 4.04. The van der Waals surface area contributed by atoms with E-state index in [1.54, 1.807) is 27.7 Å². The van der Waals surface area contributed by atoms with Crippen molar-refractivity contribution in [2.24, 2.45) is 4.99 Å². The molecule has 3 heterocycles. The van der Waals surface area contributed by atoms with Crippen LogP contribution in [0.1, 0.15) is 49.6 Å². The number of aliphatic imine (C=N–C) groups is 1. The summed E-state index contributed by atoms with van der Waals surface area (Å²) in [5, 5.41) is 5.32. The second-order valence-electron chi connectivity index (χ2n) is 9.56. The Kier molecular flexibility index (Phi) is 7.31. The van der Waals surface area contributed by atoms with Crippen molar-refractivity contribution >= 4 is 46.7 Å². The normalized spacial score (nSPS) is 16.8. The number of carbonyl (C=O) groups excluding carboxylic acids is 2. The Hall–Kier alpha value is -3.77. The summed E-state index contributed by atoms with van der Waals surface area (Å²) in [5.41, 5.74) is -1.64. The van der Waals surface area contributed by atoms with Gasteiger partial charge in [-0.3, -0.25) is 15.1 Å². The molecule has 0 radical (unpaired) electrons. The summed E-state index contributed by atoms with van der Waals surface area (Å²) in [7, 11) is 1.43. The Morgan fingerprint density at radius 2 is 1.89 bits per heavy atom. The summed E-state index contributed by atoms with van der Waals surface area (Å²) < 4.78 is 27.0. The molecule has 200 valence electrons. The van der Waals surface area contributed by atoms with Gasteiger partial charge in [-0.15, -0.1) is 0 Å². The number of nitrogens with one attached hydrogen (secondary N) is 2. The van der Waals surface area contributed by atoms with Gasteiger partial charge in [-0.25, -0.2) is 24.1 Å². The van der Waals surface area contributed by atoms with Crippen molar-refractivity contribution in [1.29, 1.82) is 0 Å². The highest BCUT2D eigenvalue weighted by Gasteiger charge is 2.38. The van der Waals surface area contributed by atoms with Gasteiger partial charge < -0.3 is 19.4 Å². The van der Waals surface area contributed by atoms with Gasteiger partial charge in [0, 0.05) is 11.3 Å². The molecule has 2 aromatic heterocycles. The molecule has 0 saturated heterocycles. The zero-order valence-electron chi connectivity index (χ0n) is 21.1. The third-order valence-corrected chi connectivity index (χ3v) is 6.14. The number of anilines is 1. The predicted octanol–water partition coefficient (Wildman–Crippen LogP) is 4.58. The van der Waals surface area contributed by atoms with Crippen LogP contribution >= 0.6 is 23.2 Å². The van der Waals surface area contributed by atoms with E-state index in [0.717, 1.165) is 0 Å². The molecule has 3 aromatic rings. The Morgan fingerprint density at radius 3 is 2.53 bits per heavy atom. The van der Waals surface area contributed by atoms with Crippen LogP contribution < -0.4 is 15.4 Å². The molecule has 0 saturated carbocycles. The second-order valence-corrected chi connectivity index (χ2v) is 10.3. The van der Waals surface area contributed by atoms with E-state index in [9.17, 15) is 9.59 Å². The first-order valence-corrected chi connectivity index (χ1v) is 12.0. The fraction of sp³-hybridized carbons (Fsp3) is 0.333. The number of carbonyl (C=O) groups is 2. The molecule has 0 fully saturated rings. The zero-order chi connectivity index (χ0) is 27.8. The number of ether oxygens (including phenoxy) is 2. The topological polar surface area (TPSA) is 133 Å². The molecule has 38 heavy (non-hydrogen) atoms. The lowest BCUT2D eigenvalue weighted by atomic mass is 9.90. The van der Waals surface area contributed by atoms with E-state index >= 15 is 4.39 Å². The lowest BCUT2D eigenvalue weighted by molar-refractivity contribution is 0.0562. The average Bonchev–Trinajstić information content (AvgIpc) is 3.12. The summed E-state index contributed by atoms with van der Waals surface area (Å²) >= 11 is 12.5. The van der Waals surface area contributed by atoms with E-state index in [1.165, 1.54) is 42.3 Å². The molecule has 11 nitrogen and oxygen atoms in total. The van der Waals surface area contributed by atoms with Crippen molar-refractivity contribution in [2.45, 2.75) is 45.4 Å². The molecule has 0 unspecified atom stereocenters. The number of aromatic nitrogens is 4. The fourth-order valence-corrected chi connectivity index (χ4v) is 4.11. The van der Waals surface area contributed by atoms with Crippen LogP contribution in [0.4, 0.5) is 14.9 Å². The van der Waals surface area contributed by atoms with Crippen LogP contribution in [0.25, 0.3) is 0 Å². The number of nitrogens with zero attached hydrogens (tertiary/aromatic N) is 5. The van der Waals surface area contributed by atoms with Crippen LogP contribution in [0.15, 0.2) is 35.6 Å². The van der Waals surface area contributed by atoms with E-state index < -0.39 is 29.0 Å². The number of imidazole rings is 1. The Labute approximate surface area is 227 Å². The number of rotatable bonds is 4. The third-order valence-electron chi connectivity index (χ3n) is 5.40. The maximum absolute atomic E-state index is 15.2. The molecule has 1 aliphatic rings. The maximum Gasteiger partial charge on any atom is 0.413 e. The quantitative estimate of drug-likeness (QED) is 0.474. The minimum Gasteiger partial charge on any atom is -0.480 e. The molecule has 4 rings (SSSR count). The van der Waals surface area contributed by atoms with Crippen LogP contribution in [-0.2, 0) is 16.8 Å². The highest BCUT2D eigenvalue weighted by Crippen LogP contribution is 2.38. The third kappa shape index (κ3) is 5.70. The van der Waals surface area contributed by atoms with Crippen molar-refractivity contribution in [3.8, 4) is 5.88 Å². The summed E-state index contributed by atoms with van der Waals surface area (Å²) in [4.78, 5) is 42.0. The van der Waals surface area contributed by atoms with Crippen molar-refractivity contribution in [1.82, 2.24) is 24.8 Å². The molecule has 1 aliphatic heterocycles. The SMILES string of the molecule is COc1cnc(C(=O)Nc2ccc(F)c([C@]3(C)Cn4c(nc(Cl)c4Cl)C(NC(=O)OC(C)(C)C)=N3)c2)cn1. The van der Waals surface area contributed by atoms with Crippen LogP contribution in [0.3, 0.4) is 0 Å². The lowest BCUT2D eigenvalue weighted by Crippen LogP contribution is -2.44. The van der Waals surface area contributed by atoms with Gasteiger partial charge in [0.25, 0.3) is 5.91 Å². The van der Waals surface area contributed by atoms with E-state index in [1.807, 2.05) is 0 Å². The van der Waals surface area contributed by atoms with Crippen molar-refractivity contribution in [3.05, 3.63) is 63.8 Å². The largest absolute Gasteiger partial charge is 0.480 e. The van der Waals surface area contributed by atoms with Crippen molar-refractivity contribution in [2.75, 3.05) is 12.4 Å². The molecular weight excluding hydrogens is 540 g/mol. The number of amidine groups is 1. The van der Waals surface area contributed by atoms with Gasteiger partial charge in [-0.05, 0) is 45.9 Å². The van der Waals surface area contributed by atoms with Gasteiger partial charge in [0.1, 0.15) is 27.8 Å². The van der Waals surface area contributed by atoms with Gasteiger partial charge in [-0.2, -0.15) is 0 Å². The van der Waals surface area contributed by atoms with Gasteiger partial charge in [0.2, 0.25) is 5.88 Å². The van der Waals surface area contributed by atoms with Gasteiger partial charge in [-0.1, -0.05) is 23.2 Å². The smallest absolute Gasteiger partial charge is 0.413 e.